The number of hydrogen-bond acceptors (Lipinski definition) is 4. The van der Waals surface area contributed by atoms with Crippen LogP contribution in [0.15, 0.2) is 77.7 Å². The second-order valence-electron chi connectivity index (χ2n) is 7.02. The molecule has 0 aliphatic rings. The normalized spacial score (nSPS) is 11.1. The van der Waals surface area contributed by atoms with Gasteiger partial charge in [0.15, 0.2) is 0 Å². The highest BCUT2D eigenvalue weighted by Gasteiger charge is 2.18. The zero-order chi connectivity index (χ0) is 23.1. The first-order valence-electron chi connectivity index (χ1n) is 9.72. The van der Waals surface area contributed by atoms with Crippen LogP contribution < -0.4 is 15.4 Å². The molecule has 0 aromatic heterocycles. The summed E-state index contributed by atoms with van der Waals surface area (Å²) in [5.74, 6) is -0.972. The highest BCUT2D eigenvalue weighted by atomic mass is 35.5. The third-order valence-corrected chi connectivity index (χ3v) is 6.26. The van der Waals surface area contributed by atoms with Gasteiger partial charge < -0.3 is 10.6 Å². The van der Waals surface area contributed by atoms with Crippen LogP contribution in [0.4, 0.5) is 5.69 Å². The van der Waals surface area contributed by atoms with Gasteiger partial charge in [0.05, 0.1) is 11.4 Å². The number of amides is 2. The number of sulfonamides is 1. The lowest BCUT2D eigenvalue weighted by molar-refractivity contribution is -0.115. The molecule has 2 amide bonds. The average Bonchev–Trinajstić information content (AvgIpc) is 2.78. The molecule has 3 N–H and O–H groups in total. The number of nitrogens with one attached hydrogen (secondary N) is 3. The zero-order valence-electron chi connectivity index (χ0n) is 17.3. The predicted molar refractivity (Wildman–Crippen MR) is 124 cm³/mol. The third-order valence-electron chi connectivity index (χ3n) is 4.61. The number of halogens is 1. The molecule has 0 atom stereocenters. The van der Waals surface area contributed by atoms with E-state index in [0.717, 1.165) is 5.56 Å². The maximum absolute atomic E-state index is 12.7. The van der Waals surface area contributed by atoms with Crippen LogP contribution in [0, 0.1) is 6.92 Å². The Morgan fingerprint density at radius 1 is 0.938 bits per heavy atom. The van der Waals surface area contributed by atoms with Crippen molar-refractivity contribution in [1.29, 1.82) is 0 Å². The van der Waals surface area contributed by atoms with Crippen molar-refractivity contribution in [1.82, 2.24) is 10.0 Å². The Kier molecular flexibility index (Phi) is 7.63. The van der Waals surface area contributed by atoms with Crippen LogP contribution in [-0.2, 0) is 21.4 Å². The molecule has 0 aliphatic heterocycles. The Morgan fingerprint density at radius 3 is 2.31 bits per heavy atom. The third kappa shape index (κ3) is 6.40. The zero-order valence-corrected chi connectivity index (χ0v) is 18.8. The molecule has 0 saturated heterocycles. The Labute approximate surface area is 191 Å². The quantitative estimate of drug-likeness (QED) is 0.467. The second kappa shape index (κ2) is 10.4. The van der Waals surface area contributed by atoms with Gasteiger partial charge in [-0.25, -0.2) is 13.1 Å². The fourth-order valence-electron chi connectivity index (χ4n) is 2.86. The molecule has 0 bridgehead atoms. The largest absolute Gasteiger partial charge is 0.343 e. The summed E-state index contributed by atoms with van der Waals surface area (Å²) < 4.78 is 27.9. The summed E-state index contributed by atoms with van der Waals surface area (Å²) in [6.45, 7) is 1.55. The van der Waals surface area contributed by atoms with Crippen LogP contribution in [0.5, 0.6) is 0 Å². The number of carbonyl (C=O) groups is 2. The Hall–Kier alpha value is -3.20. The molecule has 32 heavy (non-hydrogen) atoms. The van der Waals surface area contributed by atoms with Gasteiger partial charge in [-0.05, 0) is 54.4 Å². The molecule has 0 fully saturated rings. The van der Waals surface area contributed by atoms with Crippen LogP contribution in [0.2, 0.25) is 5.02 Å². The number of rotatable bonds is 8. The molecule has 3 rings (SSSR count). The fourth-order valence-corrected chi connectivity index (χ4v) is 4.03. The van der Waals surface area contributed by atoms with Crippen LogP contribution in [0.1, 0.15) is 21.5 Å². The number of hydrogen-bond donors (Lipinski definition) is 3. The Morgan fingerprint density at radius 2 is 1.62 bits per heavy atom. The van der Waals surface area contributed by atoms with E-state index in [-0.39, 0.29) is 23.5 Å². The summed E-state index contributed by atoms with van der Waals surface area (Å²) in [7, 11) is -3.83. The van der Waals surface area contributed by atoms with E-state index in [2.05, 4.69) is 15.4 Å². The molecule has 0 spiro atoms. The summed E-state index contributed by atoms with van der Waals surface area (Å²) in [4.78, 5) is 24.7. The van der Waals surface area contributed by atoms with Crippen molar-refractivity contribution in [3.05, 3.63) is 94.5 Å². The molecular weight excluding hydrogens is 450 g/mol. The van der Waals surface area contributed by atoms with Gasteiger partial charge in [-0.3, -0.25) is 9.59 Å². The van der Waals surface area contributed by atoms with Crippen LogP contribution >= 0.6 is 11.6 Å². The van der Waals surface area contributed by atoms with E-state index < -0.39 is 21.8 Å². The molecule has 0 aliphatic carbocycles. The van der Waals surface area contributed by atoms with E-state index in [0.29, 0.717) is 16.3 Å². The monoisotopic (exact) mass is 471 g/mol. The van der Waals surface area contributed by atoms with Gasteiger partial charge in [0.1, 0.15) is 0 Å². The van der Waals surface area contributed by atoms with Gasteiger partial charge in [-0.2, -0.15) is 0 Å². The molecule has 3 aromatic carbocycles. The minimum absolute atomic E-state index is 0.0326. The van der Waals surface area contributed by atoms with Crippen molar-refractivity contribution in [3.63, 3.8) is 0 Å². The van der Waals surface area contributed by atoms with Crippen molar-refractivity contribution < 1.29 is 18.0 Å². The van der Waals surface area contributed by atoms with E-state index in [9.17, 15) is 18.0 Å². The highest BCUT2D eigenvalue weighted by Crippen LogP contribution is 2.17. The number of anilines is 1. The number of aryl methyl sites for hydroxylation is 1. The molecular formula is C23H22ClN3O4S. The van der Waals surface area contributed by atoms with E-state index in [4.69, 9.17) is 11.6 Å². The van der Waals surface area contributed by atoms with Crippen LogP contribution in [0.25, 0.3) is 0 Å². The molecule has 9 heteroatoms. The maximum atomic E-state index is 12.7. The summed E-state index contributed by atoms with van der Waals surface area (Å²) in [6.07, 6.45) is 0. The molecule has 166 valence electrons. The predicted octanol–water partition coefficient (Wildman–Crippen LogP) is 3.50. The highest BCUT2D eigenvalue weighted by molar-refractivity contribution is 7.89. The van der Waals surface area contributed by atoms with Crippen molar-refractivity contribution >= 4 is 39.1 Å². The summed E-state index contributed by atoms with van der Waals surface area (Å²) in [5.41, 5.74) is 2.12. The van der Waals surface area contributed by atoms with Gasteiger partial charge >= 0.3 is 0 Å². The standard InChI is InChI=1S/C23H22ClN3O4S/c1-16-7-12-20(32(30,31)26-14-17-5-3-2-4-6-17)13-21(16)23(29)25-15-22(28)27-19-10-8-18(24)9-11-19/h2-13,26H,14-15H2,1H3,(H,25,29)(H,27,28). The lowest BCUT2D eigenvalue weighted by Gasteiger charge is -2.11. The Balaban J connectivity index is 1.64. The lowest BCUT2D eigenvalue weighted by atomic mass is 10.1. The van der Waals surface area contributed by atoms with Crippen LogP contribution in [0.3, 0.4) is 0 Å². The molecule has 0 unspecified atom stereocenters. The molecule has 0 saturated carbocycles. The van der Waals surface area contributed by atoms with Crippen molar-refractivity contribution in [2.75, 3.05) is 11.9 Å². The maximum Gasteiger partial charge on any atom is 0.252 e. The number of carbonyl (C=O) groups excluding carboxylic acids is 2. The van der Waals surface area contributed by atoms with Gasteiger partial charge in [-0.1, -0.05) is 48.0 Å². The summed E-state index contributed by atoms with van der Waals surface area (Å²) >= 11 is 5.81. The fraction of sp³-hybridized carbons (Fsp3) is 0.130. The molecule has 0 radical (unpaired) electrons. The first-order chi connectivity index (χ1) is 15.2. The minimum atomic E-state index is -3.83. The first kappa shape index (κ1) is 23.5. The SMILES string of the molecule is Cc1ccc(S(=O)(=O)NCc2ccccc2)cc1C(=O)NCC(=O)Nc1ccc(Cl)cc1. The van der Waals surface area contributed by atoms with Crippen molar-refractivity contribution in [2.45, 2.75) is 18.4 Å². The molecule has 0 heterocycles. The smallest absolute Gasteiger partial charge is 0.252 e. The lowest BCUT2D eigenvalue weighted by Crippen LogP contribution is -2.33. The van der Waals surface area contributed by atoms with Crippen molar-refractivity contribution in [3.8, 4) is 0 Å². The Bertz CT molecular complexity index is 1210. The summed E-state index contributed by atoms with van der Waals surface area (Å²) in [5, 5.41) is 5.70. The van der Waals surface area contributed by atoms with E-state index >= 15 is 0 Å². The summed E-state index contributed by atoms with van der Waals surface area (Å²) in [6, 6.07) is 20.0. The minimum Gasteiger partial charge on any atom is -0.343 e. The van der Waals surface area contributed by atoms with Crippen LogP contribution in [-0.4, -0.2) is 26.8 Å². The second-order valence-corrected chi connectivity index (χ2v) is 9.23. The topological polar surface area (TPSA) is 104 Å². The molecule has 3 aromatic rings. The van der Waals surface area contributed by atoms with Crippen molar-refractivity contribution in [2.24, 2.45) is 0 Å². The van der Waals surface area contributed by atoms with Gasteiger partial charge in [0, 0.05) is 22.8 Å². The average molecular weight is 472 g/mol. The van der Waals surface area contributed by atoms with Gasteiger partial charge in [-0.15, -0.1) is 0 Å². The van der Waals surface area contributed by atoms with Gasteiger partial charge in [0.2, 0.25) is 15.9 Å². The molecule has 7 nitrogen and oxygen atoms in total. The van der Waals surface area contributed by atoms with E-state index in [1.807, 2.05) is 30.3 Å². The van der Waals surface area contributed by atoms with E-state index in [1.165, 1.54) is 12.1 Å². The van der Waals surface area contributed by atoms with E-state index in [1.54, 1.807) is 37.3 Å². The number of benzene rings is 3. The first-order valence-corrected chi connectivity index (χ1v) is 11.6. The van der Waals surface area contributed by atoms with Gasteiger partial charge in [0.25, 0.3) is 5.91 Å².